The van der Waals surface area contributed by atoms with Gasteiger partial charge in [0.25, 0.3) is 5.78 Å². The van der Waals surface area contributed by atoms with Crippen molar-refractivity contribution in [3.05, 3.63) is 88.7 Å². The highest BCUT2D eigenvalue weighted by Crippen LogP contribution is 2.45. The lowest BCUT2D eigenvalue weighted by molar-refractivity contribution is -0.132. The molecule has 1 aromatic heterocycles. The van der Waals surface area contributed by atoms with Gasteiger partial charge in [-0.3, -0.25) is 14.5 Å². The van der Waals surface area contributed by atoms with Gasteiger partial charge in [0.15, 0.2) is 5.13 Å². The van der Waals surface area contributed by atoms with Crippen molar-refractivity contribution < 1.29 is 28.6 Å². The average molecular weight is 561 g/mol. The third-order valence-electron chi connectivity index (χ3n) is 6.78. The zero-order valence-electron chi connectivity index (χ0n) is 22.8. The molecule has 1 aliphatic heterocycles. The van der Waals surface area contributed by atoms with Crippen LogP contribution in [0, 0.1) is 5.82 Å². The summed E-state index contributed by atoms with van der Waals surface area (Å²) < 4.78 is 25.5. The van der Waals surface area contributed by atoms with Crippen LogP contribution in [0.4, 0.5) is 9.52 Å². The summed E-state index contributed by atoms with van der Waals surface area (Å²) in [7, 11) is 1.54. The van der Waals surface area contributed by atoms with E-state index in [1.165, 1.54) is 23.1 Å². The highest BCUT2D eigenvalue weighted by Gasteiger charge is 2.48. The van der Waals surface area contributed by atoms with E-state index in [1.54, 1.807) is 49.6 Å². The molecule has 206 valence electrons. The monoisotopic (exact) mass is 560 g/mol. The molecule has 1 fully saturated rings. The Kier molecular flexibility index (Phi) is 7.10. The Hall–Kier alpha value is -4.24. The van der Waals surface area contributed by atoms with Crippen molar-refractivity contribution in [2.75, 3.05) is 18.6 Å². The van der Waals surface area contributed by atoms with E-state index in [0.29, 0.717) is 39.4 Å². The lowest BCUT2D eigenvalue weighted by Gasteiger charge is -2.25. The first-order valence-electron chi connectivity index (χ1n) is 12.8. The number of methoxy groups -OCH3 is 1. The fraction of sp³-hybridized carbons (Fsp3) is 0.258. The molecule has 1 N–H and O–H groups in total. The van der Waals surface area contributed by atoms with E-state index < -0.39 is 23.5 Å². The van der Waals surface area contributed by atoms with Gasteiger partial charge >= 0.3 is 5.91 Å². The van der Waals surface area contributed by atoms with Crippen molar-refractivity contribution in [1.82, 2.24) is 4.98 Å². The van der Waals surface area contributed by atoms with E-state index in [9.17, 15) is 19.1 Å². The zero-order chi connectivity index (χ0) is 28.8. The third kappa shape index (κ3) is 4.81. The number of ether oxygens (including phenoxy) is 2. The maximum absolute atomic E-state index is 13.9. The number of nitrogens with zero attached hydrogens (tertiary/aromatic N) is 2. The number of halogens is 1. The lowest BCUT2D eigenvalue weighted by Crippen LogP contribution is -2.29. The normalized spacial score (nSPS) is 17.1. The van der Waals surface area contributed by atoms with E-state index in [0.717, 1.165) is 16.9 Å². The minimum Gasteiger partial charge on any atom is -0.507 e. The summed E-state index contributed by atoms with van der Waals surface area (Å²) >= 11 is 1.10. The van der Waals surface area contributed by atoms with Crippen LogP contribution in [0.2, 0.25) is 0 Å². The minimum absolute atomic E-state index is 0.0652. The highest BCUT2D eigenvalue weighted by atomic mass is 32.1. The van der Waals surface area contributed by atoms with E-state index >= 15 is 0 Å². The number of carbonyl (C=O) groups excluding carboxylic acids is 2. The molecular weight excluding hydrogens is 531 g/mol. The number of aromatic nitrogens is 1. The summed E-state index contributed by atoms with van der Waals surface area (Å²) in [5, 5.41) is 11.9. The number of ketones is 1. The zero-order valence-corrected chi connectivity index (χ0v) is 23.6. The van der Waals surface area contributed by atoms with Crippen LogP contribution in [-0.4, -0.2) is 35.5 Å². The van der Waals surface area contributed by atoms with Gasteiger partial charge in [-0.15, -0.1) is 0 Å². The minimum atomic E-state index is -0.971. The number of carbonyl (C=O) groups is 2. The Morgan fingerprint density at radius 1 is 1.07 bits per heavy atom. The van der Waals surface area contributed by atoms with Gasteiger partial charge in [0.1, 0.15) is 23.1 Å². The van der Waals surface area contributed by atoms with E-state index in [-0.39, 0.29) is 21.9 Å². The van der Waals surface area contributed by atoms with Gasteiger partial charge in [0.05, 0.1) is 35.5 Å². The predicted octanol–water partition coefficient (Wildman–Crippen LogP) is 6.77. The van der Waals surface area contributed by atoms with Gasteiger partial charge in [-0.05, 0) is 66.4 Å². The number of fused-ring (bicyclic) bond motifs is 1. The van der Waals surface area contributed by atoms with Crippen molar-refractivity contribution >= 4 is 44.1 Å². The van der Waals surface area contributed by atoms with Gasteiger partial charge in [-0.25, -0.2) is 9.37 Å². The number of thiazole rings is 1. The summed E-state index contributed by atoms with van der Waals surface area (Å²) in [6.07, 6.45) is 0. The highest BCUT2D eigenvalue weighted by molar-refractivity contribution is 7.22. The van der Waals surface area contributed by atoms with Crippen molar-refractivity contribution in [3.63, 3.8) is 0 Å². The number of aliphatic hydroxyl groups is 1. The summed E-state index contributed by atoms with van der Waals surface area (Å²) in [4.78, 5) is 32.9. The number of hydrogen-bond acceptors (Lipinski definition) is 7. The van der Waals surface area contributed by atoms with Crippen LogP contribution in [0.3, 0.4) is 0 Å². The number of rotatable bonds is 6. The molecule has 1 unspecified atom stereocenters. The van der Waals surface area contributed by atoms with Gasteiger partial charge in [-0.1, -0.05) is 44.2 Å². The second-order valence-corrected chi connectivity index (χ2v) is 11.5. The number of hydrogen-bond donors (Lipinski definition) is 1. The molecule has 9 heteroatoms. The SMILES string of the molecule is CCOc1ccc(/C(O)=C2\C(=O)C(=O)N(c3nc4ccc(F)cc4s3)C2c2ccc(OC)cc2)cc1C(C)(C)C. The topological polar surface area (TPSA) is 89.0 Å². The molecule has 1 amide bonds. The maximum Gasteiger partial charge on any atom is 0.301 e. The number of Topliss-reactive ketones (excluding diaryl/α,β-unsaturated/α-hetero) is 1. The van der Waals surface area contributed by atoms with E-state index in [1.807, 2.05) is 27.7 Å². The van der Waals surface area contributed by atoms with Crippen LogP contribution in [-0.2, 0) is 15.0 Å². The van der Waals surface area contributed by atoms with Crippen LogP contribution in [0.1, 0.15) is 50.4 Å². The first-order chi connectivity index (χ1) is 19.0. The molecule has 1 saturated heterocycles. The lowest BCUT2D eigenvalue weighted by atomic mass is 9.84. The molecule has 0 spiro atoms. The predicted molar refractivity (Wildman–Crippen MR) is 154 cm³/mol. The Morgan fingerprint density at radius 2 is 1.80 bits per heavy atom. The Morgan fingerprint density at radius 3 is 2.45 bits per heavy atom. The molecular formula is C31H29FN2O5S. The van der Waals surface area contributed by atoms with Crippen molar-refractivity contribution in [2.45, 2.75) is 39.2 Å². The fourth-order valence-corrected chi connectivity index (χ4v) is 5.84. The molecule has 1 atom stereocenters. The molecule has 4 aromatic rings. The van der Waals surface area contributed by atoms with Crippen LogP contribution in [0.15, 0.2) is 66.2 Å². The van der Waals surface area contributed by atoms with Crippen molar-refractivity contribution in [2.24, 2.45) is 0 Å². The average Bonchev–Trinajstić information content (AvgIpc) is 3.45. The molecule has 7 nitrogen and oxygen atoms in total. The number of benzene rings is 3. The van der Waals surface area contributed by atoms with Crippen molar-refractivity contribution in [1.29, 1.82) is 0 Å². The van der Waals surface area contributed by atoms with Crippen molar-refractivity contribution in [3.8, 4) is 11.5 Å². The Balaban J connectivity index is 1.72. The van der Waals surface area contributed by atoms with Gasteiger partial charge < -0.3 is 14.6 Å². The molecule has 1 aliphatic rings. The van der Waals surface area contributed by atoms with Gasteiger partial charge in [0, 0.05) is 11.1 Å². The first kappa shape index (κ1) is 27.3. The van der Waals surface area contributed by atoms with Crippen LogP contribution in [0.25, 0.3) is 16.0 Å². The summed E-state index contributed by atoms with van der Waals surface area (Å²) in [5.74, 6) is -1.12. The Bertz CT molecular complexity index is 1650. The smallest absolute Gasteiger partial charge is 0.301 e. The summed E-state index contributed by atoms with van der Waals surface area (Å²) in [5.41, 5.74) is 1.92. The molecule has 2 heterocycles. The second-order valence-electron chi connectivity index (χ2n) is 10.4. The molecule has 3 aromatic carbocycles. The first-order valence-corrected chi connectivity index (χ1v) is 13.6. The second kappa shape index (κ2) is 10.4. The molecule has 0 aliphatic carbocycles. The standard InChI is InChI=1S/C31H29FN2O5S/c1-6-39-23-14-9-18(15-21(23)31(2,3)4)27(35)25-26(17-7-11-20(38-5)12-8-17)34(29(37)28(25)36)30-33-22-13-10-19(32)16-24(22)40-30/h7-16,26,35H,6H2,1-5H3/b27-25+. The van der Waals surface area contributed by atoms with Crippen LogP contribution < -0.4 is 14.4 Å². The number of amides is 1. The van der Waals surface area contributed by atoms with E-state index in [4.69, 9.17) is 9.47 Å². The maximum atomic E-state index is 13.9. The summed E-state index contributed by atoms with van der Waals surface area (Å²) in [6, 6.07) is 15.3. The van der Waals surface area contributed by atoms with Crippen LogP contribution in [0.5, 0.6) is 11.5 Å². The number of anilines is 1. The largest absolute Gasteiger partial charge is 0.507 e. The summed E-state index contributed by atoms with van der Waals surface area (Å²) in [6.45, 7) is 8.46. The Labute approximate surface area is 235 Å². The molecule has 0 radical (unpaired) electrons. The molecule has 5 rings (SSSR count). The quantitative estimate of drug-likeness (QED) is 0.159. The number of aliphatic hydroxyl groups excluding tert-OH is 1. The van der Waals surface area contributed by atoms with Crippen LogP contribution >= 0.6 is 11.3 Å². The third-order valence-corrected chi connectivity index (χ3v) is 7.80. The van der Waals surface area contributed by atoms with Gasteiger partial charge in [0.2, 0.25) is 0 Å². The van der Waals surface area contributed by atoms with Gasteiger partial charge in [-0.2, -0.15) is 0 Å². The molecule has 0 bridgehead atoms. The molecule has 0 saturated carbocycles. The molecule has 40 heavy (non-hydrogen) atoms. The van der Waals surface area contributed by atoms with E-state index in [2.05, 4.69) is 4.98 Å². The fourth-order valence-electron chi connectivity index (χ4n) is 4.82.